The number of anilines is 1. The zero-order valence-electron chi connectivity index (χ0n) is 11.5. The van der Waals surface area contributed by atoms with E-state index >= 15 is 0 Å². The third kappa shape index (κ3) is 5.33. The fourth-order valence-corrected chi connectivity index (χ4v) is 1.66. The van der Waals surface area contributed by atoms with Gasteiger partial charge in [-0.25, -0.2) is 0 Å². The fourth-order valence-electron chi connectivity index (χ4n) is 1.66. The molecule has 21 heavy (non-hydrogen) atoms. The second-order valence-corrected chi connectivity index (χ2v) is 4.30. The summed E-state index contributed by atoms with van der Waals surface area (Å²) in [4.78, 5) is 13.4. The molecule has 0 saturated heterocycles. The van der Waals surface area contributed by atoms with Crippen LogP contribution in [-0.2, 0) is 11.0 Å². The number of benzene rings is 1. The van der Waals surface area contributed by atoms with Crippen molar-refractivity contribution in [3.63, 3.8) is 0 Å². The van der Waals surface area contributed by atoms with E-state index in [2.05, 4.69) is 18.5 Å². The molecule has 1 aromatic rings. The summed E-state index contributed by atoms with van der Waals surface area (Å²) >= 11 is 0. The Balaban J connectivity index is 2.60. The molecule has 114 valence electrons. The molecular formula is C15H17F3N2O. The van der Waals surface area contributed by atoms with Gasteiger partial charge in [0.2, 0.25) is 5.91 Å². The van der Waals surface area contributed by atoms with E-state index in [9.17, 15) is 18.0 Å². The number of carbonyl (C=O) groups is 1. The van der Waals surface area contributed by atoms with Crippen molar-refractivity contribution in [1.82, 2.24) is 4.90 Å². The molecule has 0 aliphatic rings. The van der Waals surface area contributed by atoms with Crippen LogP contribution in [0.25, 0.3) is 0 Å². The summed E-state index contributed by atoms with van der Waals surface area (Å²) in [6.07, 6.45) is -1.17. The molecular weight excluding hydrogens is 281 g/mol. The second kappa shape index (κ2) is 7.52. The Bertz CT molecular complexity index is 485. The molecule has 1 amide bonds. The van der Waals surface area contributed by atoms with Gasteiger partial charge in [-0.05, 0) is 24.3 Å². The molecule has 0 unspecified atom stereocenters. The first-order valence-corrected chi connectivity index (χ1v) is 6.29. The van der Waals surface area contributed by atoms with Gasteiger partial charge < -0.3 is 10.2 Å². The van der Waals surface area contributed by atoms with Gasteiger partial charge in [-0.3, -0.25) is 4.79 Å². The molecule has 1 N–H and O–H groups in total. The van der Waals surface area contributed by atoms with E-state index in [1.54, 1.807) is 12.2 Å². The summed E-state index contributed by atoms with van der Waals surface area (Å²) in [6.45, 7) is 7.89. The maximum absolute atomic E-state index is 12.4. The number of rotatable bonds is 7. The topological polar surface area (TPSA) is 32.3 Å². The van der Waals surface area contributed by atoms with Crippen molar-refractivity contribution >= 4 is 11.6 Å². The van der Waals surface area contributed by atoms with Crippen LogP contribution in [0.1, 0.15) is 5.56 Å². The van der Waals surface area contributed by atoms with Crippen molar-refractivity contribution in [3.05, 3.63) is 55.1 Å². The van der Waals surface area contributed by atoms with Gasteiger partial charge in [-0.15, -0.1) is 13.2 Å². The number of hydrogen-bond acceptors (Lipinski definition) is 2. The zero-order valence-corrected chi connectivity index (χ0v) is 11.5. The van der Waals surface area contributed by atoms with Crippen LogP contribution in [0.2, 0.25) is 0 Å². The Morgan fingerprint density at radius 2 is 1.67 bits per heavy atom. The number of halogens is 3. The third-order valence-electron chi connectivity index (χ3n) is 2.71. The third-order valence-corrected chi connectivity index (χ3v) is 2.71. The summed E-state index contributed by atoms with van der Waals surface area (Å²) in [5.74, 6) is -0.185. The first-order chi connectivity index (χ1) is 9.88. The highest BCUT2D eigenvalue weighted by molar-refractivity contribution is 5.81. The van der Waals surface area contributed by atoms with Gasteiger partial charge in [0.15, 0.2) is 0 Å². The Kier molecular flexibility index (Phi) is 6.02. The molecule has 0 bridgehead atoms. The SMILES string of the molecule is C=CCN(CC=C)C(=O)CNc1ccc(C(F)(F)F)cc1. The molecule has 0 radical (unpaired) electrons. The number of carbonyl (C=O) groups excluding carboxylic acids is 1. The number of amides is 1. The highest BCUT2D eigenvalue weighted by Crippen LogP contribution is 2.29. The van der Waals surface area contributed by atoms with Crippen LogP contribution in [0, 0.1) is 0 Å². The van der Waals surface area contributed by atoms with Crippen LogP contribution in [-0.4, -0.2) is 30.4 Å². The summed E-state index contributed by atoms with van der Waals surface area (Å²) in [7, 11) is 0. The number of nitrogens with zero attached hydrogens (tertiary/aromatic N) is 1. The molecule has 1 rings (SSSR count). The second-order valence-electron chi connectivity index (χ2n) is 4.30. The molecule has 0 saturated carbocycles. The minimum Gasteiger partial charge on any atom is -0.376 e. The van der Waals surface area contributed by atoms with Crippen molar-refractivity contribution in [2.45, 2.75) is 6.18 Å². The smallest absolute Gasteiger partial charge is 0.376 e. The van der Waals surface area contributed by atoms with Gasteiger partial charge in [0.25, 0.3) is 0 Å². The molecule has 3 nitrogen and oxygen atoms in total. The molecule has 6 heteroatoms. The van der Waals surface area contributed by atoms with Crippen molar-refractivity contribution in [2.24, 2.45) is 0 Å². The van der Waals surface area contributed by atoms with E-state index < -0.39 is 11.7 Å². The summed E-state index contributed by atoms with van der Waals surface area (Å²) < 4.78 is 37.2. The Hall–Kier alpha value is -2.24. The van der Waals surface area contributed by atoms with E-state index in [1.807, 2.05) is 0 Å². The maximum Gasteiger partial charge on any atom is 0.416 e. The Morgan fingerprint density at radius 1 is 1.14 bits per heavy atom. The fraction of sp³-hybridized carbons (Fsp3) is 0.267. The van der Waals surface area contributed by atoms with Gasteiger partial charge in [0.1, 0.15) is 0 Å². The monoisotopic (exact) mass is 298 g/mol. The largest absolute Gasteiger partial charge is 0.416 e. The van der Waals surface area contributed by atoms with Gasteiger partial charge in [0.05, 0.1) is 12.1 Å². The van der Waals surface area contributed by atoms with Crippen LogP contribution in [0.5, 0.6) is 0 Å². The van der Waals surface area contributed by atoms with Gasteiger partial charge in [-0.2, -0.15) is 13.2 Å². The van der Waals surface area contributed by atoms with Crippen LogP contribution in [0.3, 0.4) is 0 Å². The summed E-state index contributed by atoms with van der Waals surface area (Å²) in [5, 5.41) is 2.79. The lowest BCUT2D eigenvalue weighted by Crippen LogP contribution is -2.35. The van der Waals surface area contributed by atoms with Crippen molar-refractivity contribution in [2.75, 3.05) is 25.0 Å². The van der Waals surface area contributed by atoms with Gasteiger partial charge in [-0.1, -0.05) is 12.2 Å². The molecule has 0 aromatic heterocycles. The van der Waals surface area contributed by atoms with Gasteiger partial charge in [0, 0.05) is 18.8 Å². The van der Waals surface area contributed by atoms with E-state index in [1.165, 1.54) is 17.0 Å². The van der Waals surface area contributed by atoms with Crippen molar-refractivity contribution in [1.29, 1.82) is 0 Å². The van der Waals surface area contributed by atoms with Crippen LogP contribution in [0.4, 0.5) is 18.9 Å². The summed E-state index contributed by atoms with van der Waals surface area (Å²) in [6, 6.07) is 4.53. The minimum absolute atomic E-state index is 0.00690. The molecule has 0 spiro atoms. The Morgan fingerprint density at radius 3 is 2.10 bits per heavy atom. The first-order valence-electron chi connectivity index (χ1n) is 6.29. The lowest BCUT2D eigenvalue weighted by Gasteiger charge is -2.19. The molecule has 0 aliphatic heterocycles. The minimum atomic E-state index is -4.36. The normalized spacial score (nSPS) is 10.8. The molecule has 0 heterocycles. The standard InChI is InChI=1S/C15H17F3N2O/c1-3-9-20(10-4-2)14(21)11-19-13-7-5-12(6-8-13)15(16,17)18/h3-8,19H,1-2,9-11H2. The van der Waals surface area contributed by atoms with Crippen LogP contribution >= 0.6 is 0 Å². The van der Waals surface area contributed by atoms with Crippen LogP contribution in [0.15, 0.2) is 49.6 Å². The molecule has 0 aliphatic carbocycles. The summed E-state index contributed by atoms with van der Waals surface area (Å²) in [5.41, 5.74) is -0.271. The van der Waals surface area contributed by atoms with E-state index in [0.29, 0.717) is 18.8 Å². The highest BCUT2D eigenvalue weighted by atomic mass is 19.4. The first kappa shape index (κ1) is 16.8. The van der Waals surface area contributed by atoms with E-state index in [-0.39, 0.29) is 12.5 Å². The predicted octanol–water partition coefficient (Wildman–Crippen LogP) is 3.32. The van der Waals surface area contributed by atoms with Gasteiger partial charge >= 0.3 is 6.18 Å². The Labute approximate surface area is 121 Å². The van der Waals surface area contributed by atoms with E-state index in [4.69, 9.17) is 0 Å². The number of hydrogen-bond donors (Lipinski definition) is 1. The predicted molar refractivity (Wildman–Crippen MR) is 76.9 cm³/mol. The quantitative estimate of drug-likeness (QED) is 0.783. The molecule has 0 fully saturated rings. The van der Waals surface area contributed by atoms with Crippen LogP contribution < -0.4 is 5.32 Å². The van der Waals surface area contributed by atoms with Crippen molar-refractivity contribution < 1.29 is 18.0 Å². The maximum atomic E-state index is 12.4. The number of nitrogens with one attached hydrogen (secondary N) is 1. The lowest BCUT2D eigenvalue weighted by molar-refractivity contribution is -0.137. The highest BCUT2D eigenvalue weighted by Gasteiger charge is 2.29. The molecule has 1 aromatic carbocycles. The molecule has 0 atom stereocenters. The number of alkyl halides is 3. The average molecular weight is 298 g/mol. The van der Waals surface area contributed by atoms with E-state index in [0.717, 1.165) is 12.1 Å². The zero-order chi connectivity index (χ0) is 15.9. The van der Waals surface area contributed by atoms with Crippen molar-refractivity contribution in [3.8, 4) is 0 Å². The lowest BCUT2D eigenvalue weighted by atomic mass is 10.2. The average Bonchev–Trinajstić information content (AvgIpc) is 2.44.